The molecule has 26 heavy (non-hydrogen) atoms. The van der Waals surface area contributed by atoms with E-state index in [0.29, 0.717) is 10.6 Å². The first kappa shape index (κ1) is 16.8. The number of rotatable bonds is 3. The Bertz CT molecular complexity index is 954. The Morgan fingerprint density at radius 2 is 1.92 bits per heavy atom. The van der Waals surface area contributed by atoms with Crippen LogP contribution in [-0.4, -0.2) is 32.1 Å². The minimum atomic E-state index is -1.17. The highest BCUT2D eigenvalue weighted by Gasteiger charge is 2.71. The Hall–Kier alpha value is -2.63. The van der Waals surface area contributed by atoms with Crippen molar-refractivity contribution in [1.82, 2.24) is 0 Å². The van der Waals surface area contributed by atoms with Gasteiger partial charge in [0.2, 0.25) is 5.60 Å². The van der Waals surface area contributed by atoms with Gasteiger partial charge < -0.3 is 14.4 Å². The van der Waals surface area contributed by atoms with E-state index in [1.165, 1.54) is 7.11 Å². The predicted octanol–water partition coefficient (Wildman–Crippen LogP) is 3.17. The Morgan fingerprint density at radius 1 is 1.23 bits per heavy atom. The molecule has 2 aromatic carbocycles. The zero-order valence-corrected chi connectivity index (χ0v) is 15.0. The van der Waals surface area contributed by atoms with E-state index in [4.69, 9.17) is 21.1 Å². The molecule has 2 aliphatic heterocycles. The van der Waals surface area contributed by atoms with E-state index in [-0.39, 0.29) is 11.5 Å². The van der Waals surface area contributed by atoms with Gasteiger partial charge in [-0.25, -0.2) is 4.79 Å². The lowest BCUT2D eigenvalue weighted by atomic mass is 9.92. The number of carbonyl (C=O) groups excluding carboxylic acids is 2. The van der Waals surface area contributed by atoms with Gasteiger partial charge in [-0.2, -0.15) is 0 Å². The van der Waals surface area contributed by atoms with Crippen LogP contribution in [0.15, 0.2) is 54.1 Å². The summed E-state index contributed by atoms with van der Waals surface area (Å²) in [7, 11) is 3.00. The topological polar surface area (TPSA) is 59.1 Å². The van der Waals surface area contributed by atoms with Crippen LogP contribution in [-0.2, 0) is 24.7 Å². The summed E-state index contributed by atoms with van der Waals surface area (Å²) in [6, 6.07) is 14.6. The van der Waals surface area contributed by atoms with Crippen LogP contribution in [0.1, 0.15) is 11.1 Å². The molecular weight excluding hydrogens is 354 g/mol. The van der Waals surface area contributed by atoms with E-state index in [2.05, 4.69) is 0 Å². The summed E-state index contributed by atoms with van der Waals surface area (Å²) in [5.74, 6) is -0.746. The Balaban J connectivity index is 1.80. The summed E-state index contributed by atoms with van der Waals surface area (Å²) in [5.41, 5.74) is 1.28. The molecule has 4 rings (SSSR count). The number of halogens is 1. The van der Waals surface area contributed by atoms with Crippen molar-refractivity contribution in [2.24, 2.45) is 0 Å². The Labute approximate surface area is 155 Å². The minimum absolute atomic E-state index is 0.197. The van der Waals surface area contributed by atoms with Crippen molar-refractivity contribution in [3.63, 3.8) is 0 Å². The molecule has 1 amide bonds. The second-order valence-corrected chi connectivity index (χ2v) is 6.63. The van der Waals surface area contributed by atoms with E-state index in [1.54, 1.807) is 36.2 Å². The van der Waals surface area contributed by atoms with Crippen LogP contribution in [0.4, 0.5) is 5.69 Å². The fourth-order valence-corrected chi connectivity index (χ4v) is 3.67. The summed E-state index contributed by atoms with van der Waals surface area (Å²) < 4.78 is 10.8. The van der Waals surface area contributed by atoms with Gasteiger partial charge in [-0.15, -0.1) is 0 Å². The van der Waals surface area contributed by atoms with Crippen molar-refractivity contribution in [2.75, 3.05) is 19.1 Å². The Kier molecular flexibility index (Phi) is 3.86. The molecule has 0 aromatic heterocycles. The number of carbonyl (C=O) groups is 2. The van der Waals surface area contributed by atoms with Crippen molar-refractivity contribution in [3.8, 4) is 0 Å². The summed E-state index contributed by atoms with van der Waals surface area (Å²) >= 11 is 6.21. The molecule has 2 aliphatic rings. The number of ether oxygens (including phenoxy) is 2. The number of benzene rings is 2. The van der Waals surface area contributed by atoms with Crippen molar-refractivity contribution >= 4 is 35.2 Å². The molecule has 0 aliphatic carbocycles. The first-order valence-electron chi connectivity index (χ1n) is 8.10. The predicted molar refractivity (Wildman–Crippen MR) is 97.8 cm³/mol. The van der Waals surface area contributed by atoms with E-state index >= 15 is 0 Å². The van der Waals surface area contributed by atoms with E-state index in [0.717, 1.165) is 11.3 Å². The summed E-state index contributed by atoms with van der Waals surface area (Å²) in [6.07, 6.45) is 0.909. The fraction of sp³-hybridized carbons (Fsp3) is 0.200. The molecule has 1 spiro atoms. The maximum absolute atomic E-state index is 12.9. The number of esters is 1. The zero-order chi connectivity index (χ0) is 18.5. The molecule has 1 saturated heterocycles. The molecule has 5 nitrogen and oxygen atoms in total. The number of amides is 1. The second kappa shape index (κ2) is 5.97. The number of anilines is 1. The quantitative estimate of drug-likeness (QED) is 0.473. The number of hydrogen-bond donors (Lipinski definition) is 0. The van der Waals surface area contributed by atoms with Gasteiger partial charge in [0.15, 0.2) is 0 Å². The van der Waals surface area contributed by atoms with Crippen molar-refractivity contribution in [3.05, 3.63) is 70.3 Å². The van der Waals surface area contributed by atoms with Gasteiger partial charge in [-0.1, -0.05) is 48.0 Å². The normalized spacial score (nSPS) is 24.0. The van der Waals surface area contributed by atoms with Crippen LogP contribution >= 0.6 is 11.6 Å². The van der Waals surface area contributed by atoms with Gasteiger partial charge in [-0.05, 0) is 23.8 Å². The first-order chi connectivity index (χ1) is 12.5. The zero-order valence-electron chi connectivity index (χ0n) is 14.2. The average molecular weight is 370 g/mol. The molecule has 6 heteroatoms. The largest absolute Gasteiger partial charge is 0.466 e. The van der Waals surface area contributed by atoms with Crippen LogP contribution < -0.4 is 4.90 Å². The SMILES string of the molecule is COC(=O)/C(=C/c1ccccc1Cl)[C@@H]1OC12C(=O)N(C)c1ccccc12. The molecule has 1 unspecified atom stereocenters. The molecule has 1 fully saturated rings. The third kappa shape index (κ3) is 2.28. The minimum Gasteiger partial charge on any atom is -0.466 e. The smallest absolute Gasteiger partial charge is 0.336 e. The van der Waals surface area contributed by atoms with E-state index in [9.17, 15) is 9.59 Å². The first-order valence-corrected chi connectivity index (χ1v) is 8.48. The van der Waals surface area contributed by atoms with Gasteiger partial charge in [0.25, 0.3) is 5.91 Å². The highest BCUT2D eigenvalue weighted by atomic mass is 35.5. The molecule has 0 N–H and O–H groups in total. The van der Waals surface area contributed by atoms with Crippen LogP contribution in [0.5, 0.6) is 0 Å². The number of fused-ring (bicyclic) bond motifs is 2. The molecule has 0 saturated carbocycles. The summed E-state index contributed by atoms with van der Waals surface area (Å²) in [5, 5.41) is 0.499. The highest BCUT2D eigenvalue weighted by Crippen LogP contribution is 2.58. The molecule has 0 bridgehead atoms. The number of nitrogens with zero attached hydrogens (tertiary/aromatic N) is 1. The van der Waals surface area contributed by atoms with Gasteiger partial charge in [-0.3, -0.25) is 4.79 Å². The number of hydrogen-bond acceptors (Lipinski definition) is 4. The van der Waals surface area contributed by atoms with Crippen LogP contribution in [0.3, 0.4) is 0 Å². The van der Waals surface area contributed by atoms with Gasteiger partial charge >= 0.3 is 5.97 Å². The highest BCUT2D eigenvalue weighted by molar-refractivity contribution is 6.32. The molecule has 2 atom stereocenters. The van der Waals surface area contributed by atoms with Gasteiger partial charge in [0.05, 0.1) is 18.4 Å². The van der Waals surface area contributed by atoms with Crippen LogP contribution in [0.25, 0.3) is 6.08 Å². The maximum atomic E-state index is 12.9. The third-order valence-electron chi connectivity index (χ3n) is 4.82. The fourth-order valence-electron chi connectivity index (χ4n) is 3.47. The summed E-state index contributed by atoms with van der Waals surface area (Å²) in [6.45, 7) is 0. The second-order valence-electron chi connectivity index (χ2n) is 6.23. The molecule has 0 radical (unpaired) electrons. The third-order valence-corrected chi connectivity index (χ3v) is 5.17. The van der Waals surface area contributed by atoms with Crippen LogP contribution in [0, 0.1) is 0 Å². The van der Waals surface area contributed by atoms with Crippen LogP contribution in [0.2, 0.25) is 5.02 Å². The lowest BCUT2D eigenvalue weighted by Gasteiger charge is -2.09. The molecule has 132 valence electrons. The van der Waals surface area contributed by atoms with E-state index < -0.39 is 17.7 Å². The number of epoxide rings is 1. The number of para-hydroxylation sites is 1. The van der Waals surface area contributed by atoms with Gasteiger partial charge in [0.1, 0.15) is 6.10 Å². The summed E-state index contributed by atoms with van der Waals surface area (Å²) in [4.78, 5) is 26.9. The number of likely N-dealkylation sites (N-methyl/N-ethyl adjacent to an activating group) is 1. The van der Waals surface area contributed by atoms with Gasteiger partial charge in [0, 0.05) is 17.6 Å². The monoisotopic (exact) mass is 369 g/mol. The average Bonchev–Trinajstić information content (AvgIpc) is 3.37. The molecule has 2 aromatic rings. The standard InChI is InChI=1S/C20H16ClNO4/c1-22-16-10-6-4-8-14(16)20(19(22)24)17(26-20)13(18(23)25-2)11-12-7-3-5-9-15(12)21/h3-11,17H,1-2H3/b13-11+/t17-,20?/m0/s1. The number of methoxy groups -OCH3 is 1. The molecule has 2 heterocycles. The van der Waals surface area contributed by atoms with Crippen molar-refractivity contribution in [2.45, 2.75) is 11.7 Å². The lowest BCUT2D eigenvalue weighted by molar-refractivity contribution is -0.136. The Morgan fingerprint density at radius 3 is 2.65 bits per heavy atom. The maximum Gasteiger partial charge on any atom is 0.336 e. The van der Waals surface area contributed by atoms with Crippen molar-refractivity contribution in [1.29, 1.82) is 0 Å². The van der Waals surface area contributed by atoms with E-state index in [1.807, 2.05) is 30.3 Å². The lowest BCUT2D eigenvalue weighted by Crippen LogP contribution is -2.32. The van der Waals surface area contributed by atoms with Crippen molar-refractivity contribution < 1.29 is 19.1 Å². The molecular formula is C20H16ClNO4.